The number of carbonyl (C=O) groups is 1. The van der Waals surface area contributed by atoms with Crippen molar-refractivity contribution in [2.75, 3.05) is 0 Å². The van der Waals surface area contributed by atoms with Gasteiger partial charge in [0.15, 0.2) is 13.3 Å². The van der Waals surface area contributed by atoms with Crippen LogP contribution in [0.5, 0.6) is 0 Å². The summed E-state index contributed by atoms with van der Waals surface area (Å²) in [6, 6.07) is 9.88. The Morgan fingerprint density at radius 1 is 1.10 bits per heavy atom. The Balaban J connectivity index is 1.91. The summed E-state index contributed by atoms with van der Waals surface area (Å²) in [5, 5.41) is 0. The van der Waals surface area contributed by atoms with Crippen molar-refractivity contribution in [2.45, 2.75) is 16.2 Å². The standard InChI is InChI=1S/C17H16B3F3N2O5S/c18-15(10-6-7-11(25-8-10)17(21,22)23)13(26)12(14(24)29-15)30-31(27,28)16(19,20)9-4-2-1-3-5-9/h1-8H,18-20,24H2. The molecule has 0 spiro atoms. The van der Waals surface area contributed by atoms with E-state index >= 15 is 0 Å². The predicted octanol–water partition coefficient (Wildman–Crippen LogP) is -0.964. The highest BCUT2D eigenvalue weighted by atomic mass is 32.2. The number of rotatable bonds is 5. The molecule has 14 heteroatoms. The molecule has 160 valence electrons. The summed E-state index contributed by atoms with van der Waals surface area (Å²) < 4.78 is 73.0. The number of alkyl halides is 3. The summed E-state index contributed by atoms with van der Waals surface area (Å²) in [5.41, 5.74) is 3.02. The maximum Gasteiger partial charge on any atom is 0.433 e. The number of nitrogens with two attached hydrogens (primary N) is 1. The average molecular weight is 450 g/mol. The lowest BCUT2D eigenvalue weighted by Crippen LogP contribution is -2.40. The molecule has 2 N–H and O–H groups in total. The monoisotopic (exact) mass is 450 g/mol. The maximum atomic E-state index is 13.0. The van der Waals surface area contributed by atoms with Crippen LogP contribution in [0, 0.1) is 0 Å². The average Bonchev–Trinajstić information content (AvgIpc) is 2.91. The summed E-state index contributed by atoms with van der Waals surface area (Å²) in [4.78, 5) is 16.3. The van der Waals surface area contributed by atoms with Gasteiger partial charge < -0.3 is 14.7 Å². The molecule has 31 heavy (non-hydrogen) atoms. The summed E-state index contributed by atoms with van der Waals surface area (Å²) >= 11 is 0. The van der Waals surface area contributed by atoms with E-state index in [1.54, 1.807) is 30.3 Å². The van der Waals surface area contributed by atoms with Gasteiger partial charge in [-0.2, -0.15) is 21.6 Å². The van der Waals surface area contributed by atoms with Crippen LogP contribution in [0.15, 0.2) is 60.3 Å². The Hall–Kier alpha value is -2.89. The molecular formula is C17H16B3F3N2O5S. The van der Waals surface area contributed by atoms with Gasteiger partial charge in [-0.3, -0.25) is 9.78 Å². The molecule has 2 heterocycles. The highest BCUT2D eigenvalue weighted by molar-refractivity contribution is 7.90. The number of aromatic nitrogens is 1. The van der Waals surface area contributed by atoms with E-state index in [9.17, 15) is 26.4 Å². The van der Waals surface area contributed by atoms with Crippen molar-refractivity contribution >= 4 is 39.4 Å². The van der Waals surface area contributed by atoms with E-state index in [2.05, 4.69) is 4.98 Å². The van der Waals surface area contributed by atoms with E-state index in [0.29, 0.717) is 11.6 Å². The molecule has 1 aliphatic heterocycles. The van der Waals surface area contributed by atoms with Gasteiger partial charge in [0.25, 0.3) is 0 Å². The molecule has 1 atom stereocenters. The predicted molar refractivity (Wildman–Crippen MR) is 112 cm³/mol. The lowest BCUT2D eigenvalue weighted by molar-refractivity contribution is -0.141. The second-order valence-corrected chi connectivity index (χ2v) is 9.60. The second kappa shape index (κ2) is 7.36. The van der Waals surface area contributed by atoms with Crippen LogP contribution in [0.3, 0.4) is 0 Å². The molecule has 0 saturated heterocycles. The fraction of sp³-hybridized carbons (Fsp3) is 0.176. The van der Waals surface area contributed by atoms with E-state index < -0.39 is 49.5 Å². The Bertz CT molecular complexity index is 1160. The topological polar surface area (TPSA) is 109 Å². The molecule has 1 aromatic carbocycles. The largest absolute Gasteiger partial charge is 0.467 e. The highest BCUT2D eigenvalue weighted by Crippen LogP contribution is 2.38. The van der Waals surface area contributed by atoms with Crippen molar-refractivity contribution in [1.29, 1.82) is 0 Å². The van der Waals surface area contributed by atoms with E-state index in [-0.39, 0.29) is 5.56 Å². The molecule has 0 saturated carbocycles. The van der Waals surface area contributed by atoms with Crippen LogP contribution in [-0.4, -0.2) is 42.7 Å². The number of hydrogen-bond donors (Lipinski definition) is 1. The molecule has 2 aromatic rings. The summed E-state index contributed by atoms with van der Waals surface area (Å²) in [6.45, 7) is 0. The number of hydrogen-bond acceptors (Lipinski definition) is 7. The van der Waals surface area contributed by atoms with Crippen molar-refractivity contribution in [2.24, 2.45) is 5.73 Å². The summed E-state index contributed by atoms with van der Waals surface area (Å²) in [6.07, 6.45) is -3.85. The first kappa shape index (κ1) is 22.8. The molecular weight excluding hydrogens is 434 g/mol. The maximum absolute atomic E-state index is 13.0. The molecule has 7 nitrogen and oxygen atoms in total. The number of ketones is 1. The van der Waals surface area contributed by atoms with Crippen LogP contribution >= 0.6 is 0 Å². The Morgan fingerprint density at radius 3 is 2.23 bits per heavy atom. The molecule has 0 amide bonds. The van der Waals surface area contributed by atoms with Gasteiger partial charge in [0.1, 0.15) is 21.4 Å². The molecule has 1 aliphatic rings. The quantitative estimate of drug-likeness (QED) is 0.462. The molecule has 0 aliphatic carbocycles. The lowest BCUT2D eigenvalue weighted by Gasteiger charge is -2.25. The third-order valence-electron chi connectivity index (χ3n) is 5.07. The van der Waals surface area contributed by atoms with Gasteiger partial charge in [0.05, 0.1) is 4.55 Å². The van der Waals surface area contributed by atoms with Crippen molar-refractivity contribution in [3.8, 4) is 0 Å². The van der Waals surface area contributed by atoms with Gasteiger partial charge in [0.2, 0.25) is 17.4 Å². The summed E-state index contributed by atoms with van der Waals surface area (Å²) in [5.74, 6) is -2.30. The first-order valence-corrected chi connectivity index (χ1v) is 10.4. The highest BCUT2D eigenvalue weighted by Gasteiger charge is 2.51. The fourth-order valence-electron chi connectivity index (χ4n) is 2.95. The van der Waals surface area contributed by atoms with Crippen LogP contribution < -0.4 is 5.73 Å². The molecule has 1 aromatic heterocycles. The van der Waals surface area contributed by atoms with Gasteiger partial charge in [-0.1, -0.05) is 36.4 Å². The van der Waals surface area contributed by atoms with E-state index in [1.165, 1.54) is 23.5 Å². The number of carbonyl (C=O) groups excluding carboxylic acids is 1. The van der Waals surface area contributed by atoms with Crippen LogP contribution in [-0.2, 0) is 40.1 Å². The Morgan fingerprint density at radius 2 is 1.71 bits per heavy atom. The van der Waals surface area contributed by atoms with Crippen LogP contribution in [0.2, 0.25) is 0 Å². The Labute approximate surface area is 179 Å². The zero-order valence-electron chi connectivity index (χ0n) is 16.7. The number of ether oxygens (including phenoxy) is 1. The fourth-order valence-corrected chi connectivity index (χ4v) is 3.96. The SMILES string of the molecule is BC1(c2ccc(C(F)(F)F)nc2)OC(N)=C(OS(=O)(=O)C(B)(B)c2ccccc2)C1=O. The first-order valence-electron chi connectivity index (χ1n) is 8.97. The zero-order chi connectivity index (χ0) is 23.2. The van der Waals surface area contributed by atoms with E-state index in [4.69, 9.17) is 14.7 Å². The van der Waals surface area contributed by atoms with Gasteiger partial charge in [-0.15, -0.1) is 0 Å². The smallest absolute Gasteiger partial charge is 0.433 e. The number of benzene rings is 1. The third kappa shape index (κ3) is 3.91. The van der Waals surface area contributed by atoms with Gasteiger partial charge in [0, 0.05) is 11.8 Å². The summed E-state index contributed by atoms with van der Waals surface area (Å²) in [7, 11) is -0.397. The number of nitrogens with zero attached hydrogens (tertiary/aromatic N) is 1. The van der Waals surface area contributed by atoms with Crippen molar-refractivity contribution < 1.29 is 35.3 Å². The molecule has 1 unspecified atom stereocenters. The Kier molecular flexibility index (Phi) is 5.41. The first-order chi connectivity index (χ1) is 14.2. The number of halogens is 3. The lowest BCUT2D eigenvalue weighted by atomic mass is 9.65. The van der Waals surface area contributed by atoms with Crippen molar-refractivity contribution in [3.05, 3.63) is 77.1 Å². The second-order valence-electron chi connectivity index (χ2n) is 7.50. The molecule has 0 fully saturated rings. The van der Waals surface area contributed by atoms with E-state index in [1.807, 2.05) is 0 Å². The van der Waals surface area contributed by atoms with E-state index in [0.717, 1.165) is 12.3 Å². The van der Waals surface area contributed by atoms with Gasteiger partial charge in [-0.25, -0.2) is 0 Å². The van der Waals surface area contributed by atoms with Gasteiger partial charge in [-0.05, 0) is 11.6 Å². The minimum Gasteiger partial charge on any atom is -0.467 e. The van der Waals surface area contributed by atoms with Crippen LogP contribution in [0.25, 0.3) is 0 Å². The van der Waals surface area contributed by atoms with Crippen LogP contribution in [0.4, 0.5) is 13.2 Å². The zero-order valence-corrected chi connectivity index (χ0v) is 17.5. The van der Waals surface area contributed by atoms with Crippen molar-refractivity contribution in [1.82, 2.24) is 4.98 Å². The van der Waals surface area contributed by atoms with Gasteiger partial charge >= 0.3 is 16.3 Å². The third-order valence-corrected chi connectivity index (χ3v) is 6.94. The molecule has 0 radical (unpaired) electrons. The number of Topliss-reactive ketones (excluding diaryl/α,β-unsaturated/α-hetero) is 1. The van der Waals surface area contributed by atoms with Crippen molar-refractivity contribution in [3.63, 3.8) is 0 Å². The van der Waals surface area contributed by atoms with Crippen LogP contribution in [0.1, 0.15) is 16.8 Å². The minimum absolute atomic E-state index is 0.0493. The molecule has 0 bridgehead atoms. The number of pyridine rings is 1. The normalized spacial score (nSPS) is 19.9. The minimum atomic E-state index is -4.66. The molecule has 3 rings (SSSR count).